The Bertz CT molecular complexity index is 821. The van der Waals surface area contributed by atoms with Crippen molar-refractivity contribution < 1.29 is 13.9 Å². The summed E-state index contributed by atoms with van der Waals surface area (Å²) in [4.78, 5) is 20.1. The van der Waals surface area contributed by atoms with Crippen LogP contribution in [-0.4, -0.2) is 21.9 Å². The van der Waals surface area contributed by atoms with Gasteiger partial charge in [0.05, 0.1) is 0 Å². The first-order valence-corrected chi connectivity index (χ1v) is 7.34. The summed E-state index contributed by atoms with van der Waals surface area (Å²) in [5, 5.41) is 4.72. The van der Waals surface area contributed by atoms with E-state index in [0.717, 1.165) is 16.5 Å². The average molecular weight is 311 g/mol. The third-order valence-corrected chi connectivity index (χ3v) is 3.20. The SMILES string of the molecule is CC(C)NC(=O)c1coc(COc2cccc3cnccc23)n1. The normalized spacial score (nSPS) is 10.9. The van der Waals surface area contributed by atoms with Crippen molar-refractivity contribution in [3.8, 4) is 5.75 Å². The number of hydrogen-bond acceptors (Lipinski definition) is 5. The third-order valence-electron chi connectivity index (χ3n) is 3.20. The first-order chi connectivity index (χ1) is 11.1. The number of aromatic nitrogens is 2. The van der Waals surface area contributed by atoms with Crippen LogP contribution in [0.1, 0.15) is 30.2 Å². The Balaban J connectivity index is 1.71. The predicted octanol–water partition coefficient (Wildman–Crippen LogP) is 2.94. The molecule has 3 aromatic rings. The molecule has 1 aromatic carbocycles. The molecule has 0 saturated heterocycles. The van der Waals surface area contributed by atoms with Crippen molar-refractivity contribution >= 4 is 16.7 Å². The van der Waals surface area contributed by atoms with E-state index in [4.69, 9.17) is 9.15 Å². The molecule has 6 nitrogen and oxygen atoms in total. The lowest BCUT2D eigenvalue weighted by Gasteiger charge is -2.07. The van der Waals surface area contributed by atoms with E-state index in [1.165, 1.54) is 6.26 Å². The number of nitrogens with zero attached hydrogens (tertiary/aromatic N) is 2. The Morgan fingerprint density at radius 1 is 1.35 bits per heavy atom. The van der Waals surface area contributed by atoms with Gasteiger partial charge in [0.1, 0.15) is 12.0 Å². The number of pyridine rings is 1. The Kier molecular flexibility index (Phi) is 4.23. The number of rotatable bonds is 5. The summed E-state index contributed by atoms with van der Waals surface area (Å²) in [5.41, 5.74) is 0.249. The summed E-state index contributed by atoms with van der Waals surface area (Å²) >= 11 is 0. The smallest absolute Gasteiger partial charge is 0.273 e. The highest BCUT2D eigenvalue weighted by molar-refractivity contribution is 5.92. The maximum absolute atomic E-state index is 11.8. The van der Waals surface area contributed by atoms with Gasteiger partial charge >= 0.3 is 0 Å². The van der Waals surface area contributed by atoms with Crippen LogP contribution in [-0.2, 0) is 6.61 Å². The van der Waals surface area contributed by atoms with Crippen molar-refractivity contribution in [2.75, 3.05) is 0 Å². The number of nitrogens with one attached hydrogen (secondary N) is 1. The number of carbonyl (C=O) groups is 1. The minimum absolute atomic E-state index is 0.0446. The molecule has 0 fully saturated rings. The van der Waals surface area contributed by atoms with Crippen molar-refractivity contribution in [2.24, 2.45) is 0 Å². The summed E-state index contributed by atoms with van der Waals surface area (Å²) in [7, 11) is 0. The van der Waals surface area contributed by atoms with E-state index in [0.29, 0.717) is 5.89 Å². The number of fused-ring (bicyclic) bond motifs is 1. The Morgan fingerprint density at radius 3 is 3.04 bits per heavy atom. The zero-order valence-corrected chi connectivity index (χ0v) is 12.9. The molecule has 0 aliphatic carbocycles. The fourth-order valence-corrected chi connectivity index (χ4v) is 2.18. The molecular weight excluding hydrogens is 294 g/mol. The molecule has 0 saturated carbocycles. The highest BCUT2D eigenvalue weighted by atomic mass is 16.5. The van der Waals surface area contributed by atoms with Crippen LogP contribution in [0.3, 0.4) is 0 Å². The molecule has 1 amide bonds. The molecular formula is C17H17N3O3. The van der Waals surface area contributed by atoms with E-state index in [1.54, 1.807) is 12.4 Å². The van der Waals surface area contributed by atoms with Crippen LogP contribution in [0.5, 0.6) is 5.75 Å². The first-order valence-electron chi connectivity index (χ1n) is 7.34. The van der Waals surface area contributed by atoms with E-state index < -0.39 is 0 Å². The number of hydrogen-bond donors (Lipinski definition) is 1. The first kappa shape index (κ1) is 15.0. The zero-order valence-electron chi connectivity index (χ0n) is 12.9. The lowest BCUT2D eigenvalue weighted by molar-refractivity contribution is 0.0938. The van der Waals surface area contributed by atoms with Crippen molar-refractivity contribution in [1.82, 2.24) is 15.3 Å². The van der Waals surface area contributed by atoms with Crippen LogP contribution >= 0.6 is 0 Å². The molecule has 0 radical (unpaired) electrons. The lowest BCUT2D eigenvalue weighted by atomic mass is 10.1. The molecule has 3 rings (SSSR count). The molecule has 0 unspecified atom stereocenters. The minimum atomic E-state index is -0.258. The maximum Gasteiger partial charge on any atom is 0.273 e. The maximum atomic E-state index is 11.8. The number of oxazole rings is 1. The van der Waals surface area contributed by atoms with Crippen molar-refractivity contribution in [1.29, 1.82) is 0 Å². The second-order valence-electron chi connectivity index (χ2n) is 5.40. The third kappa shape index (κ3) is 3.48. The van der Waals surface area contributed by atoms with Gasteiger partial charge in [0, 0.05) is 29.2 Å². The molecule has 2 heterocycles. The molecule has 0 spiro atoms. The van der Waals surface area contributed by atoms with Crippen LogP contribution in [0.15, 0.2) is 47.3 Å². The molecule has 0 bridgehead atoms. The minimum Gasteiger partial charge on any atom is -0.483 e. The number of carbonyl (C=O) groups excluding carboxylic acids is 1. The fourth-order valence-electron chi connectivity index (χ4n) is 2.18. The van der Waals surface area contributed by atoms with Gasteiger partial charge in [-0.15, -0.1) is 0 Å². The largest absolute Gasteiger partial charge is 0.483 e. The lowest BCUT2D eigenvalue weighted by Crippen LogP contribution is -2.30. The molecule has 2 aromatic heterocycles. The van der Waals surface area contributed by atoms with Gasteiger partial charge in [-0.25, -0.2) is 4.98 Å². The second kappa shape index (κ2) is 6.48. The summed E-state index contributed by atoms with van der Waals surface area (Å²) in [6.07, 6.45) is 4.83. The van der Waals surface area contributed by atoms with Crippen molar-refractivity contribution in [2.45, 2.75) is 26.5 Å². The van der Waals surface area contributed by atoms with Crippen molar-refractivity contribution in [3.63, 3.8) is 0 Å². The number of ether oxygens (including phenoxy) is 1. The molecule has 1 N–H and O–H groups in total. The van der Waals surface area contributed by atoms with E-state index in [-0.39, 0.29) is 24.2 Å². The van der Waals surface area contributed by atoms with Gasteiger partial charge in [0.15, 0.2) is 12.3 Å². The molecule has 0 aliphatic rings. The van der Waals surface area contributed by atoms with Gasteiger partial charge in [-0.05, 0) is 26.0 Å². The summed E-state index contributed by atoms with van der Waals surface area (Å²) < 4.78 is 11.1. The number of amides is 1. The molecule has 0 atom stereocenters. The standard InChI is InChI=1S/C17H17N3O3/c1-11(2)19-17(21)14-9-23-16(20-14)10-22-15-5-3-4-12-8-18-7-6-13(12)15/h3-9,11H,10H2,1-2H3,(H,19,21). The Morgan fingerprint density at radius 2 is 2.22 bits per heavy atom. The van der Waals surface area contributed by atoms with Gasteiger partial charge in [-0.1, -0.05) is 12.1 Å². The highest BCUT2D eigenvalue weighted by Crippen LogP contribution is 2.25. The van der Waals surface area contributed by atoms with E-state index in [1.807, 2.05) is 38.1 Å². The van der Waals surface area contributed by atoms with Gasteiger partial charge in [0.25, 0.3) is 5.91 Å². The fraction of sp³-hybridized carbons (Fsp3) is 0.235. The Hall–Kier alpha value is -2.89. The highest BCUT2D eigenvalue weighted by Gasteiger charge is 2.13. The van der Waals surface area contributed by atoms with Gasteiger partial charge in [-0.3, -0.25) is 9.78 Å². The van der Waals surface area contributed by atoms with Gasteiger partial charge in [0.2, 0.25) is 5.89 Å². The predicted molar refractivity (Wildman–Crippen MR) is 85.2 cm³/mol. The molecule has 118 valence electrons. The summed E-state index contributed by atoms with van der Waals surface area (Å²) in [6, 6.07) is 7.67. The summed E-state index contributed by atoms with van der Waals surface area (Å²) in [5.74, 6) is 0.812. The second-order valence-corrected chi connectivity index (χ2v) is 5.40. The molecule has 0 aliphatic heterocycles. The van der Waals surface area contributed by atoms with Crippen LogP contribution in [0, 0.1) is 0 Å². The van der Waals surface area contributed by atoms with Crippen molar-refractivity contribution in [3.05, 3.63) is 54.5 Å². The van der Waals surface area contributed by atoms with E-state index in [9.17, 15) is 4.79 Å². The average Bonchev–Trinajstić information content (AvgIpc) is 3.01. The van der Waals surface area contributed by atoms with Gasteiger partial charge < -0.3 is 14.5 Å². The molecule has 6 heteroatoms. The van der Waals surface area contributed by atoms with E-state index >= 15 is 0 Å². The Labute approximate surface area is 133 Å². The van der Waals surface area contributed by atoms with Gasteiger partial charge in [-0.2, -0.15) is 0 Å². The topological polar surface area (TPSA) is 77.2 Å². The van der Waals surface area contributed by atoms with Crippen LogP contribution in [0.2, 0.25) is 0 Å². The zero-order chi connectivity index (χ0) is 16.2. The monoisotopic (exact) mass is 311 g/mol. The number of benzene rings is 1. The van der Waals surface area contributed by atoms with Crippen LogP contribution in [0.4, 0.5) is 0 Å². The van der Waals surface area contributed by atoms with Crippen LogP contribution < -0.4 is 10.1 Å². The van der Waals surface area contributed by atoms with E-state index in [2.05, 4.69) is 15.3 Å². The van der Waals surface area contributed by atoms with Crippen LogP contribution in [0.25, 0.3) is 10.8 Å². The molecule has 23 heavy (non-hydrogen) atoms. The quantitative estimate of drug-likeness (QED) is 0.784. The summed E-state index contributed by atoms with van der Waals surface area (Å²) in [6.45, 7) is 3.92.